The van der Waals surface area contributed by atoms with Gasteiger partial charge >= 0.3 is 0 Å². The van der Waals surface area contributed by atoms with Crippen molar-refractivity contribution in [2.24, 2.45) is 0 Å². The lowest BCUT2D eigenvalue weighted by atomic mass is 10.1. The molecule has 0 saturated heterocycles. The molecule has 4 nitrogen and oxygen atoms in total. The molecule has 0 bridgehead atoms. The molecule has 0 atom stereocenters. The number of hydrogen-bond acceptors (Lipinski definition) is 5. The number of aryl methyl sites for hydroxylation is 1. The van der Waals surface area contributed by atoms with Crippen molar-refractivity contribution in [3.8, 4) is 10.8 Å². The van der Waals surface area contributed by atoms with Crippen molar-refractivity contribution in [1.82, 2.24) is 10.1 Å². The zero-order chi connectivity index (χ0) is 15.0. The van der Waals surface area contributed by atoms with E-state index in [1.807, 2.05) is 12.3 Å². The molecule has 21 heavy (non-hydrogen) atoms. The molecule has 0 aliphatic rings. The number of rotatable bonds is 3. The van der Waals surface area contributed by atoms with Gasteiger partial charge in [0.2, 0.25) is 0 Å². The van der Waals surface area contributed by atoms with Crippen LogP contribution in [0.25, 0.3) is 10.8 Å². The van der Waals surface area contributed by atoms with Crippen molar-refractivity contribution in [1.29, 1.82) is 0 Å². The van der Waals surface area contributed by atoms with Gasteiger partial charge in [-0.1, -0.05) is 5.16 Å². The standard InChI is InChI=1S/C14H11F2N3OS/c1-7-6-21-13(12(7)17)14-18-11(19-20-14)4-8-2-9(15)5-10(16)3-8/h2-3,5-6H,4,17H2,1H3. The van der Waals surface area contributed by atoms with Crippen LogP contribution in [0, 0.1) is 18.6 Å². The van der Waals surface area contributed by atoms with Crippen LogP contribution in [-0.4, -0.2) is 10.1 Å². The number of halogens is 2. The third kappa shape index (κ3) is 2.78. The molecule has 0 aliphatic carbocycles. The summed E-state index contributed by atoms with van der Waals surface area (Å²) >= 11 is 1.41. The minimum atomic E-state index is -0.633. The Balaban J connectivity index is 1.87. The number of nitrogens with two attached hydrogens (primary N) is 1. The Morgan fingerprint density at radius 2 is 1.95 bits per heavy atom. The second-order valence-electron chi connectivity index (χ2n) is 4.63. The van der Waals surface area contributed by atoms with Gasteiger partial charge in [-0.05, 0) is 35.6 Å². The molecular formula is C14H11F2N3OS. The van der Waals surface area contributed by atoms with Crippen LogP contribution in [0.3, 0.4) is 0 Å². The Morgan fingerprint density at radius 3 is 2.57 bits per heavy atom. The van der Waals surface area contributed by atoms with Crippen LogP contribution >= 0.6 is 11.3 Å². The molecule has 2 N–H and O–H groups in total. The van der Waals surface area contributed by atoms with E-state index in [9.17, 15) is 8.78 Å². The number of hydrogen-bond donors (Lipinski definition) is 1. The van der Waals surface area contributed by atoms with Crippen LogP contribution in [0.1, 0.15) is 17.0 Å². The maximum Gasteiger partial charge on any atom is 0.270 e. The molecule has 0 radical (unpaired) electrons. The highest BCUT2D eigenvalue weighted by Gasteiger charge is 2.15. The number of nitrogens with zero attached hydrogens (tertiary/aromatic N) is 2. The van der Waals surface area contributed by atoms with Crippen molar-refractivity contribution in [3.05, 3.63) is 52.2 Å². The van der Waals surface area contributed by atoms with Crippen LogP contribution in [-0.2, 0) is 6.42 Å². The number of aromatic nitrogens is 2. The van der Waals surface area contributed by atoms with Crippen LogP contribution < -0.4 is 5.73 Å². The predicted octanol–water partition coefficient (Wildman–Crippen LogP) is 3.56. The van der Waals surface area contributed by atoms with E-state index in [1.54, 1.807) is 0 Å². The van der Waals surface area contributed by atoms with Gasteiger partial charge in [0, 0.05) is 12.5 Å². The summed E-state index contributed by atoms with van der Waals surface area (Å²) in [6, 6.07) is 3.30. The van der Waals surface area contributed by atoms with E-state index in [4.69, 9.17) is 10.3 Å². The van der Waals surface area contributed by atoms with Gasteiger partial charge < -0.3 is 10.3 Å². The number of nitrogen functional groups attached to an aromatic ring is 1. The van der Waals surface area contributed by atoms with Crippen molar-refractivity contribution < 1.29 is 13.3 Å². The zero-order valence-corrected chi connectivity index (χ0v) is 11.9. The summed E-state index contributed by atoms with van der Waals surface area (Å²) in [5.74, 6) is -0.600. The van der Waals surface area contributed by atoms with Crippen LogP contribution in [0.2, 0.25) is 0 Å². The summed E-state index contributed by atoms with van der Waals surface area (Å²) in [5.41, 5.74) is 7.91. The van der Waals surface area contributed by atoms with Crippen molar-refractivity contribution in [3.63, 3.8) is 0 Å². The zero-order valence-electron chi connectivity index (χ0n) is 11.1. The van der Waals surface area contributed by atoms with Crippen LogP contribution in [0.4, 0.5) is 14.5 Å². The molecule has 0 saturated carbocycles. The molecule has 3 rings (SSSR count). The lowest BCUT2D eigenvalue weighted by molar-refractivity contribution is 0.425. The molecular weight excluding hydrogens is 296 g/mol. The second kappa shape index (κ2) is 5.25. The lowest BCUT2D eigenvalue weighted by Crippen LogP contribution is -1.93. The van der Waals surface area contributed by atoms with E-state index in [2.05, 4.69) is 10.1 Å². The molecule has 2 aromatic heterocycles. The second-order valence-corrected chi connectivity index (χ2v) is 5.51. The summed E-state index contributed by atoms with van der Waals surface area (Å²) < 4.78 is 31.4. The van der Waals surface area contributed by atoms with Crippen LogP contribution in [0.15, 0.2) is 28.1 Å². The summed E-state index contributed by atoms with van der Waals surface area (Å²) in [6.07, 6.45) is 0.183. The van der Waals surface area contributed by atoms with Gasteiger partial charge in [-0.15, -0.1) is 11.3 Å². The van der Waals surface area contributed by atoms with E-state index >= 15 is 0 Å². The Kier molecular flexibility index (Phi) is 3.42. The van der Waals surface area contributed by atoms with E-state index in [0.29, 0.717) is 27.8 Å². The SMILES string of the molecule is Cc1csc(-c2nc(Cc3cc(F)cc(F)c3)no2)c1N. The fourth-order valence-electron chi connectivity index (χ4n) is 1.93. The fourth-order valence-corrected chi connectivity index (χ4v) is 2.83. The smallest absolute Gasteiger partial charge is 0.270 e. The predicted molar refractivity (Wildman–Crippen MR) is 75.9 cm³/mol. The van der Waals surface area contributed by atoms with Gasteiger partial charge in [-0.2, -0.15) is 4.98 Å². The highest BCUT2D eigenvalue weighted by atomic mass is 32.1. The first-order valence-corrected chi connectivity index (χ1v) is 7.02. The molecule has 2 heterocycles. The third-order valence-electron chi connectivity index (χ3n) is 2.97. The summed E-state index contributed by atoms with van der Waals surface area (Å²) in [5, 5.41) is 5.72. The first-order chi connectivity index (χ1) is 10.0. The minimum Gasteiger partial charge on any atom is -0.397 e. The van der Waals surface area contributed by atoms with Crippen molar-refractivity contribution in [2.75, 3.05) is 5.73 Å². The van der Waals surface area contributed by atoms with Crippen LogP contribution in [0.5, 0.6) is 0 Å². The number of thiophene rings is 1. The highest BCUT2D eigenvalue weighted by molar-refractivity contribution is 7.14. The van der Waals surface area contributed by atoms with E-state index in [0.717, 1.165) is 11.6 Å². The fraction of sp³-hybridized carbons (Fsp3) is 0.143. The van der Waals surface area contributed by atoms with Gasteiger partial charge in [0.25, 0.3) is 5.89 Å². The normalized spacial score (nSPS) is 11.0. The maximum absolute atomic E-state index is 13.1. The first kappa shape index (κ1) is 13.7. The minimum absolute atomic E-state index is 0.183. The van der Waals surface area contributed by atoms with E-state index < -0.39 is 11.6 Å². The molecule has 7 heteroatoms. The molecule has 0 unspecified atom stereocenters. The molecule has 108 valence electrons. The molecule has 0 amide bonds. The summed E-state index contributed by atoms with van der Waals surface area (Å²) in [6.45, 7) is 1.89. The maximum atomic E-state index is 13.1. The Bertz CT molecular complexity index is 777. The Labute approximate surface area is 123 Å². The lowest BCUT2D eigenvalue weighted by Gasteiger charge is -1.97. The highest BCUT2D eigenvalue weighted by Crippen LogP contribution is 2.33. The molecule has 0 aliphatic heterocycles. The van der Waals surface area contributed by atoms with Crippen molar-refractivity contribution >= 4 is 17.0 Å². The van der Waals surface area contributed by atoms with E-state index in [1.165, 1.54) is 23.5 Å². The molecule has 0 spiro atoms. The number of anilines is 1. The first-order valence-electron chi connectivity index (χ1n) is 6.14. The average Bonchev–Trinajstić information content (AvgIpc) is 2.97. The molecule has 3 aromatic rings. The average molecular weight is 307 g/mol. The third-order valence-corrected chi connectivity index (χ3v) is 4.07. The summed E-state index contributed by atoms with van der Waals surface area (Å²) in [4.78, 5) is 4.92. The van der Waals surface area contributed by atoms with Gasteiger partial charge in [-0.3, -0.25) is 0 Å². The van der Waals surface area contributed by atoms with Gasteiger partial charge in [0.05, 0.1) is 5.69 Å². The van der Waals surface area contributed by atoms with Gasteiger partial charge in [-0.25, -0.2) is 8.78 Å². The van der Waals surface area contributed by atoms with Gasteiger partial charge in [0.1, 0.15) is 16.5 Å². The summed E-state index contributed by atoms with van der Waals surface area (Å²) in [7, 11) is 0. The van der Waals surface area contributed by atoms with E-state index in [-0.39, 0.29) is 6.42 Å². The number of benzene rings is 1. The van der Waals surface area contributed by atoms with Gasteiger partial charge in [0.15, 0.2) is 5.82 Å². The molecule has 0 fully saturated rings. The quantitative estimate of drug-likeness (QED) is 0.803. The Morgan fingerprint density at radius 1 is 1.24 bits per heavy atom. The monoisotopic (exact) mass is 307 g/mol. The Hall–Kier alpha value is -2.28. The topological polar surface area (TPSA) is 64.9 Å². The molecule has 1 aromatic carbocycles. The van der Waals surface area contributed by atoms with Crippen molar-refractivity contribution in [2.45, 2.75) is 13.3 Å². The largest absolute Gasteiger partial charge is 0.397 e.